The number of nitriles is 1. The highest BCUT2D eigenvalue weighted by atomic mass is 32.2. The molecule has 1 amide bonds. The van der Waals surface area contributed by atoms with Crippen molar-refractivity contribution in [3.63, 3.8) is 0 Å². The minimum absolute atomic E-state index is 0.0437. The Hall–Kier alpha value is -2.11. The lowest BCUT2D eigenvalue weighted by atomic mass is 10.2. The number of amides is 1. The van der Waals surface area contributed by atoms with Crippen LogP contribution >= 0.6 is 0 Å². The molecule has 1 unspecified atom stereocenters. The van der Waals surface area contributed by atoms with Crippen LogP contribution in [0.5, 0.6) is 0 Å². The first kappa shape index (κ1) is 18.2. The van der Waals surface area contributed by atoms with E-state index < -0.39 is 10.0 Å². The average Bonchev–Trinajstić information content (AvgIpc) is 3.06. The number of nitrogens with zero attached hydrogens (tertiary/aromatic N) is 2. The number of ether oxygens (including phenoxy) is 1. The van der Waals surface area contributed by atoms with Gasteiger partial charge in [-0.05, 0) is 37.1 Å². The van der Waals surface area contributed by atoms with E-state index in [4.69, 9.17) is 10.00 Å². The van der Waals surface area contributed by atoms with Crippen LogP contribution in [0.1, 0.15) is 24.8 Å². The predicted octanol–water partition coefficient (Wildman–Crippen LogP) is 1.01. The van der Waals surface area contributed by atoms with Gasteiger partial charge in [-0.15, -0.1) is 0 Å². The van der Waals surface area contributed by atoms with Gasteiger partial charge in [0.1, 0.15) is 0 Å². The lowest BCUT2D eigenvalue weighted by molar-refractivity contribution is -0.121. The van der Waals surface area contributed by atoms with E-state index in [2.05, 4.69) is 5.32 Å². The van der Waals surface area contributed by atoms with Crippen LogP contribution in [-0.2, 0) is 19.6 Å². The molecule has 0 saturated carbocycles. The van der Waals surface area contributed by atoms with Crippen LogP contribution in [0.2, 0.25) is 0 Å². The van der Waals surface area contributed by atoms with Crippen LogP contribution in [0.4, 0.5) is 5.69 Å². The van der Waals surface area contributed by atoms with Crippen molar-refractivity contribution in [2.45, 2.75) is 25.4 Å². The van der Waals surface area contributed by atoms with Crippen molar-refractivity contribution in [3.05, 3.63) is 29.8 Å². The van der Waals surface area contributed by atoms with Gasteiger partial charge in [0.25, 0.3) is 0 Å². The molecule has 1 saturated heterocycles. The molecule has 0 radical (unpaired) electrons. The Labute approximate surface area is 142 Å². The highest BCUT2D eigenvalue weighted by molar-refractivity contribution is 7.92. The number of anilines is 1. The van der Waals surface area contributed by atoms with Gasteiger partial charge in [0.15, 0.2) is 0 Å². The standard InChI is InChI=1S/C16H21N3O4S/c1-24(21,22)19(14-6-4-13(11-17)5-7-14)9-8-16(20)18-12-15-3-2-10-23-15/h4-7,15H,2-3,8-10,12H2,1H3,(H,18,20). The van der Waals surface area contributed by atoms with Gasteiger partial charge in [0.05, 0.1) is 29.7 Å². The fourth-order valence-electron chi connectivity index (χ4n) is 2.51. The molecule has 1 aliphatic rings. The maximum absolute atomic E-state index is 12.0. The van der Waals surface area contributed by atoms with Gasteiger partial charge in [0.2, 0.25) is 15.9 Å². The number of nitrogens with one attached hydrogen (secondary N) is 1. The highest BCUT2D eigenvalue weighted by Gasteiger charge is 2.20. The number of benzene rings is 1. The third-order valence-electron chi connectivity index (χ3n) is 3.78. The van der Waals surface area contributed by atoms with Crippen molar-refractivity contribution in [3.8, 4) is 6.07 Å². The highest BCUT2D eigenvalue weighted by Crippen LogP contribution is 2.18. The van der Waals surface area contributed by atoms with Gasteiger partial charge in [0, 0.05) is 26.1 Å². The van der Waals surface area contributed by atoms with E-state index in [1.54, 1.807) is 24.3 Å². The average molecular weight is 351 g/mol. The number of rotatable bonds is 7. The normalized spacial score (nSPS) is 17.2. The summed E-state index contributed by atoms with van der Waals surface area (Å²) in [6.45, 7) is 1.22. The van der Waals surface area contributed by atoms with Crippen LogP contribution in [-0.4, -0.2) is 46.4 Å². The van der Waals surface area contributed by atoms with Crippen LogP contribution < -0.4 is 9.62 Å². The molecule has 1 aromatic rings. The minimum Gasteiger partial charge on any atom is -0.376 e. The summed E-state index contributed by atoms with van der Waals surface area (Å²) in [5, 5.41) is 11.6. The van der Waals surface area contributed by atoms with Gasteiger partial charge < -0.3 is 10.1 Å². The van der Waals surface area contributed by atoms with Gasteiger partial charge in [-0.25, -0.2) is 8.42 Å². The zero-order valence-electron chi connectivity index (χ0n) is 13.6. The number of hydrogen-bond acceptors (Lipinski definition) is 5. The zero-order chi connectivity index (χ0) is 17.6. The number of carbonyl (C=O) groups excluding carboxylic acids is 1. The molecule has 1 heterocycles. The van der Waals surface area contributed by atoms with Crippen LogP contribution in [0.25, 0.3) is 0 Å². The van der Waals surface area contributed by atoms with E-state index in [1.807, 2.05) is 6.07 Å². The maximum Gasteiger partial charge on any atom is 0.232 e. The molecule has 24 heavy (non-hydrogen) atoms. The third-order valence-corrected chi connectivity index (χ3v) is 4.97. The van der Waals surface area contributed by atoms with Crippen molar-refractivity contribution in [2.75, 3.05) is 30.3 Å². The summed E-state index contributed by atoms with van der Waals surface area (Å²) in [5.41, 5.74) is 0.880. The van der Waals surface area contributed by atoms with Crippen molar-refractivity contribution in [1.29, 1.82) is 5.26 Å². The lowest BCUT2D eigenvalue weighted by Crippen LogP contribution is -2.36. The molecule has 0 spiro atoms. The molecule has 1 N–H and O–H groups in total. The van der Waals surface area contributed by atoms with Crippen molar-refractivity contribution in [1.82, 2.24) is 5.32 Å². The van der Waals surface area contributed by atoms with Crippen molar-refractivity contribution < 1.29 is 17.9 Å². The monoisotopic (exact) mass is 351 g/mol. The quantitative estimate of drug-likeness (QED) is 0.790. The molecule has 1 fully saturated rings. The summed E-state index contributed by atoms with van der Waals surface area (Å²) < 4.78 is 30.5. The van der Waals surface area contributed by atoms with Crippen molar-refractivity contribution in [2.24, 2.45) is 0 Å². The Kier molecular flexibility index (Phi) is 6.17. The Morgan fingerprint density at radius 2 is 2.12 bits per heavy atom. The largest absolute Gasteiger partial charge is 0.376 e. The van der Waals surface area contributed by atoms with Crippen molar-refractivity contribution >= 4 is 21.6 Å². The maximum atomic E-state index is 12.0. The molecule has 8 heteroatoms. The third kappa shape index (κ3) is 5.22. The van der Waals surface area contributed by atoms with E-state index in [1.165, 1.54) is 4.31 Å². The Morgan fingerprint density at radius 1 is 1.42 bits per heavy atom. The van der Waals surface area contributed by atoms with Crippen LogP contribution in [0, 0.1) is 11.3 Å². The smallest absolute Gasteiger partial charge is 0.232 e. The predicted molar refractivity (Wildman–Crippen MR) is 89.9 cm³/mol. The second-order valence-electron chi connectivity index (χ2n) is 5.68. The van der Waals surface area contributed by atoms with Gasteiger partial charge in [-0.3, -0.25) is 9.10 Å². The zero-order valence-corrected chi connectivity index (χ0v) is 14.4. The molecule has 1 aromatic carbocycles. The first-order valence-electron chi connectivity index (χ1n) is 7.76. The first-order valence-corrected chi connectivity index (χ1v) is 9.61. The van der Waals surface area contributed by atoms with Gasteiger partial charge in [-0.2, -0.15) is 5.26 Å². The molecular formula is C16H21N3O4S. The summed E-state index contributed by atoms with van der Waals surface area (Å²) in [7, 11) is -3.52. The van der Waals surface area contributed by atoms with E-state index >= 15 is 0 Å². The van der Waals surface area contributed by atoms with E-state index in [0.29, 0.717) is 17.8 Å². The van der Waals surface area contributed by atoms with E-state index in [-0.39, 0.29) is 25.0 Å². The summed E-state index contributed by atoms with van der Waals surface area (Å²) in [6, 6.07) is 8.19. The topological polar surface area (TPSA) is 99.5 Å². The summed E-state index contributed by atoms with van der Waals surface area (Å²) >= 11 is 0. The van der Waals surface area contributed by atoms with E-state index in [9.17, 15) is 13.2 Å². The fourth-order valence-corrected chi connectivity index (χ4v) is 3.44. The second-order valence-corrected chi connectivity index (χ2v) is 7.59. The minimum atomic E-state index is -3.52. The number of carbonyl (C=O) groups is 1. The number of hydrogen-bond donors (Lipinski definition) is 1. The molecule has 1 atom stereocenters. The molecule has 1 aliphatic heterocycles. The van der Waals surface area contributed by atoms with E-state index in [0.717, 1.165) is 25.7 Å². The summed E-state index contributed by atoms with van der Waals surface area (Å²) in [6.07, 6.45) is 3.13. The molecule has 2 rings (SSSR count). The van der Waals surface area contributed by atoms with Crippen LogP contribution in [0.3, 0.4) is 0 Å². The molecule has 0 bridgehead atoms. The lowest BCUT2D eigenvalue weighted by Gasteiger charge is -2.22. The molecule has 7 nitrogen and oxygen atoms in total. The SMILES string of the molecule is CS(=O)(=O)N(CCC(=O)NCC1CCCO1)c1ccc(C#N)cc1. The molecule has 130 valence electrons. The van der Waals surface area contributed by atoms with Gasteiger partial charge in [-0.1, -0.05) is 0 Å². The molecule has 0 aliphatic carbocycles. The molecular weight excluding hydrogens is 330 g/mol. The Morgan fingerprint density at radius 3 is 2.67 bits per heavy atom. The fraction of sp³-hybridized carbons (Fsp3) is 0.500. The first-order chi connectivity index (χ1) is 11.4. The molecule has 0 aromatic heterocycles. The van der Waals surface area contributed by atoms with Crippen LogP contribution in [0.15, 0.2) is 24.3 Å². The Bertz CT molecular complexity index is 704. The Balaban J connectivity index is 1.93. The second kappa shape index (κ2) is 8.13. The number of sulfonamides is 1. The summed E-state index contributed by atoms with van der Waals surface area (Å²) in [5.74, 6) is -0.215. The summed E-state index contributed by atoms with van der Waals surface area (Å²) in [4.78, 5) is 11.9. The van der Waals surface area contributed by atoms with Gasteiger partial charge >= 0.3 is 0 Å².